The maximum atomic E-state index is 13.4. The minimum Gasteiger partial charge on any atom is -0.467 e. The molecule has 0 saturated carbocycles. The van der Waals surface area contributed by atoms with Gasteiger partial charge in [-0.1, -0.05) is 63.2 Å². The molecular formula is C27H33N3O3. The van der Waals surface area contributed by atoms with E-state index in [2.05, 4.69) is 12.2 Å². The molecule has 6 heteroatoms. The van der Waals surface area contributed by atoms with Crippen LogP contribution in [0.15, 0.2) is 77.4 Å². The lowest BCUT2D eigenvalue weighted by molar-refractivity contribution is -0.133. The van der Waals surface area contributed by atoms with Crippen LogP contribution in [0.5, 0.6) is 0 Å². The van der Waals surface area contributed by atoms with Crippen LogP contribution in [-0.4, -0.2) is 34.8 Å². The monoisotopic (exact) mass is 447 g/mol. The number of nitrogens with zero attached hydrogens (tertiary/aromatic N) is 2. The van der Waals surface area contributed by atoms with Crippen LogP contribution in [-0.2, 0) is 24.3 Å². The molecule has 0 aliphatic heterocycles. The minimum atomic E-state index is -0.279. The van der Waals surface area contributed by atoms with E-state index in [1.54, 1.807) is 16.1 Å². The normalized spacial score (nSPS) is 10.8. The van der Waals surface area contributed by atoms with E-state index >= 15 is 0 Å². The number of anilines is 1. The number of urea groups is 1. The van der Waals surface area contributed by atoms with Crippen LogP contribution in [0.3, 0.4) is 0 Å². The zero-order valence-corrected chi connectivity index (χ0v) is 19.7. The Bertz CT molecular complexity index is 999. The second-order valence-electron chi connectivity index (χ2n) is 8.57. The Morgan fingerprint density at radius 3 is 2.21 bits per heavy atom. The number of benzene rings is 2. The zero-order chi connectivity index (χ0) is 23.6. The summed E-state index contributed by atoms with van der Waals surface area (Å²) in [6, 6.07) is 21.0. The third kappa shape index (κ3) is 7.52. The number of furan rings is 1. The summed E-state index contributed by atoms with van der Waals surface area (Å²) in [5, 5.41) is 2.94. The largest absolute Gasteiger partial charge is 0.467 e. The second kappa shape index (κ2) is 11.9. The van der Waals surface area contributed by atoms with Crippen molar-refractivity contribution in [3.05, 3.63) is 89.9 Å². The molecule has 2 aromatic carbocycles. The van der Waals surface area contributed by atoms with Crippen molar-refractivity contribution in [2.45, 2.75) is 40.3 Å². The highest BCUT2D eigenvalue weighted by atomic mass is 16.3. The van der Waals surface area contributed by atoms with Crippen molar-refractivity contribution in [2.75, 3.05) is 18.4 Å². The van der Waals surface area contributed by atoms with Gasteiger partial charge in [-0.15, -0.1) is 0 Å². The molecule has 0 aliphatic rings. The molecule has 0 atom stereocenters. The van der Waals surface area contributed by atoms with Crippen molar-refractivity contribution in [1.82, 2.24) is 9.80 Å². The maximum absolute atomic E-state index is 13.4. The highest BCUT2D eigenvalue weighted by Gasteiger charge is 2.23. The van der Waals surface area contributed by atoms with Crippen molar-refractivity contribution in [3.63, 3.8) is 0 Å². The first-order valence-electron chi connectivity index (χ1n) is 11.4. The Labute approximate surface area is 196 Å². The van der Waals surface area contributed by atoms with E-state index in [4.69, 9.17) is 4.42 Å². The molecule has 0 unspecified atom stereocenters. The molecule has 0 bridgehead atoms. The lowest BCUT2D eigenvalue weighted by Gasteiger charge is -2.28. The van der Waals surface area contributed by atoms with Gasteiger partial charge < -0.3 is 19.5 Å². The Hall–Kier alpha value is -3.54. The molecular weight excluding hydrogens is 414 g/mol. The highest BCUT2D eigenvalue weighted by Crippen LogP contribution is 2.14. The van der Waals surface area contributed by atoms with Crippen LogP contribution in [0.4, 0.5) is 10.5 Å². The van der Waals surface area contributed by atoms with Crippen molar-refractivity contribution in [3.8, 4) is 0 Å². The summed E-state index contributed by atoms with van der Waals surface area (Å²) in [6.07, 6.45) is 2.54. The van der Waals surface area contributed by atoms with Gasteiger partial charge >= 0.3 is 6.03 Å². The summed E-state index contributed by atoms with van der Waals surface area (Å²) in [4.78, 5) is 29.7. The van der Waals surface area contributed by atoms with Gasteiger partial charge in [0.1, 0.15) is 12.3 Å². The van der Waals surface area contributed by atoms with E-state index in [1.807, 2.05) is 80.6 Å². The van der Waals surface area contributed by atoms with Gasteiger partial charge in [-0.3, -0.25) is 4.79 Å². The molecule has 0 radical (unpaired) electrons. The van der Waals surface area contributed by atoms with Gasteiger partial charge in [-0.05, 0) is 47.7 Å². The van der Waals surface area contributed by atoms with Crippen molar-refractivity contribution in [2.24, 2.45) is 5.92 Å². The van der Waals surface area contributed by atoms with Crippen molar-refractivity contribution < 1.29 is 14.0 Å². The highest BCUT2D eigenvalue weighted by molar-refractivity contribution is 5.92. The third-order valence-corrected chi connectivity index (χ3v) is 5.31. The summed E-state index contributed by atoms with van der Waals surface area (Å²) >= 11 is 0. The number of carbonyl (C=O) groups excluding carboxylic acids is 2. The SMILES string of the molecule is CCc1ccc(NC(=O)N(CC(=O)N(Cc2ccccc2)Cc2ccco2)CC(C)C)cc1. The number of hydrogen-bond donors (Lipinski definition) is 1. The van der Waals surface area contributed by atoms with E-state index in [-0.39, 0.29) is 24.4 Å². The van der Waals surface area contributed by atoms with Crippen LogP contribution >= 0.6 is 0 Å². The van der Waals surface area contributed by atoms with Gasteiger partial charge in [-0.25, -0.2) is 4.79 Å². The molecule has 174 valence electrons. The fourth-order valence-electron chi connectivity index (χ4n) is 3.58. The average molecular weight is 448 g/mol. The van der Waals surface area contributed by atoms with E-state index in [0.29, 0.717) is 25.4 Å². The summed E-state index contributed by atoms with van der Waals surface area (Å²) in [6.45, 7) is 7.41. The Morgan fingerprint density at radius 1 is 0.879 bits per heavy atom. The Balaban J connectivity index is 1.73. The topological polar surface area (TPSA) is 65.8 Å². The molecule has 0 saturated heterocycles. The molecule has 1 N–H and O–H groups in total. The van der Waals surface area contributed by atoms with Gasteiger partial charge in [0.15, 0.2) is 0 Å². The minimum absolute atomic E-state index is 0.00933. The first-order valence-corrected chi connectivity index (χ1v) is 11.4. The summed E-state index contributed by atoms with van der Waals surface area (Å²) in [7, 11) is 0. The van der Waals surface area contributed by atoms with Crippen LogP contribution in [0.2, 0.25) is 0 Å². The molecule has 0 fully saturated rings. The second-order valence-corrected chi connectivity index (χ2v) is 8.57. The molecule has 33 heavy (non-hydrogen) atoms. The third-order valence-electron chi connectivity index (χ3n) is 5.31. The smallest absolute Gasteiger partial charge is 0.322 e. The average Bonchev–Trinajstić information content (AvgIpc) is 3.32. The number of amides is 3. The fourth-order valence-corrected chi connectivity index (χ4v) is 3.58. The standard InChI is InChI=1S/C27H33N3O3/c1-4-22-12-14-24(15-13-22)28-27(32)30(17-21(2)3)20-26(31)29(19-25-11-8-16-33-25)18-23-9-6-5-7-10-23/h5-16,21H,4,17-20H2,1-3H3,(H,28,32). The summed E-state index contributed by atoms with van der Waals surface area (Å²) in [5.41, 5.74) is 2.94. The van der Waals surface area contributed by atoms with Crippen LogP contribution in [0.1, 0.15) is 37.7 Å². The fraction of sp³-hybridized carbons (Fsp3) is 0.333. The van der Waals surface area contributed by atoms with Gasteiger partial charge in [0.25, 0.3) is 0 Å². The molecule has 0 aliphatic carbocycles. The van der Waals surface area contributed by atoms with Gasteiger partial charge in [0.2, 0.25) is 5.91 Å². The number of nitrogens with one attached hydrogen (secondary N) is 1. The quantitative estimate of drug-likeness (QED) is 0.442. The van der Waals surface area contributed by atoms with Gasteiger partial charge in [0, 0.05) is 18.8 Å². The van der Waals surface area contributed by atoms with Gasteiger partial charge in [-0.2, -0.15) is 0 Å². The number of rotatable bonds is 10. The van der Waals surface area contributed by atoms with Crippen LogP contribution < -0.4 is 5.32 Å². The number of carbonyl (C=O) groups is 2. The first-order chi connectivity index (χ1) is 15.9. The Morgan fingerprint density at radius 2 is 1.61 bits per heavy atom. The van der Waals surface area contributed by atoms with E-state index in [0.717, 1.165) is 17.7 Å². The molecule has 3 rings (SSSR count). The molecule has 1 heterocycles. The van der Waals surface area contributed by atoms with Gasteiger partial charge in [0.05, 0.1) is 12.8 Å². The summed E-state index contributed by atoms with van der Waals surface area (Å²) in [5.74, 6) is 0.793. The van der Waals surface area contributed by atoms with Crippen molar-refractivity contribution >= 4 is 17.6 Å². The molecule has 3 aromatic rings. The van der Waals surface area contributed by atoms with E-state index in [1.165, 1.54) is 5.56 Å². The van der Waals surface area contributed by atoms with E-state index < -0.39 is 0 Å². The maximum Gasteiger partial charge on any atom is 0.322 e. The van der Waals surface area contributed by atoms with Crippen molar-refractivity contribution in [1.29, 1.82) is 0 Å². The molecule has 6 nitrogen and oxygen atoms in total. The zero-order valence-electron chi connectivity index (χ0n) is 19.7. The van der Waals surface area contributed by atoms with E-state index in [9.17, 15) is 9.59 Å². The molecule has 0 spiro atoms. The predicted molar refractivity (Wildman–Crippen MR) is 131 cm³/mol. The number of aryl methyl sites for hydroxylation is 1. The Kier molecular flexibility index (Phi) is 8.70. The van der Waals surface area contributed by atoms with Crippen LogP contribution in [0.25, 0.3) is 0 Å². The molecule has 3 amide bonds. The molecule has 1 aromatic heterocycles. The lowest BCUT2D eigenvalue weighted by Crippen LogP contribution is -2.45. The lowest BCUT2D eigenvalue weighted by atomic mass is 10.1. The number of hydrogen-bond acceptors (Lipinski definition) is 3. The summed E-state index contributed by atoms with van der Waals surface area (Å²) < 4.78 is 5.48. The van der Waals surface area contributed by atoms with Crippen LogP contribution in [0, 0.1) is 5.92 Å². The predicted octanol–water partition coefficient (Wildman–Crippen LogP) is 5.56. The first kappa shape index (κ1) is 24.1.